The summed E-state index contributed by atoms with van der Waals surface area (Å²) in [7, 11) is 0. The van der Waals surface area contributed by atoms with Gasteiger partial charge in [0.15, 0.2) is 5.82 Å². The van der Waals surface area contributed by atoms with Crippen molar-refractivity contribution in [3.8, 4) is 11.5 Å². The number of fused-ring (bicyclic) bond motifs is 1. The SMILES string of the molecule is Cc1ccccc1-c1nc(C2CNN3C(C4CCNCC4)=CC(=O)NC23)no1. The highest BCUT2D eigenvalue weighted by Gasteiger charge is 2.43. The Bertz CT molecular complexity index is 917. The summed E-state index contributed by atoms with van der Waals surface area (Å²) >= 11 is 0. The van der Waals surface area contributed by atoms with Crippen LogP contribution in [0.1, 0.15) is 30.1 Å². The van der Waals surface area contributed by atoms with Crippen molar-refractivity contribution < 1.29 is 9.32 Å². The van der Waals surface area contributed by atoms with Gasteiger partial charge in [0.05, 0.1) is 5.92 Å². The van der Waals surface area contributed by atoms with Crippen molar-refractivity contribution >= 4 is 5.91 Å². The van der Waals surface area contributed by atoms with E-state index in [-0.39, 0.29) is 18.0 Å². The molecule has 3 aliphatic rings. The molecule has 28 heavy (non-hydrogen) atoms. The van der Waals surface area contributed by atoms with E-state index in [4.69, 9.17) is 4.52 Å². The number of rotatable bonds is 3. The minimum Gasteiger partial charge on any atom is -0.334 e. The maximum absolute atomic E-state index is 12.4. The average Bonchev–Trinajstić information content (AvgIpc) is 3.35. The summed E-state index contributed by atoms with van der Waals surface area (Å²) in [6.45, 7) is 4.64. The highest BCUT2D eigenvalue weighted by molar-refractivity contribution is 5.89. The molecule has 3 N–H and O–H groups in total. The van der Waals surface area contributed by atoms with Gasteiger partial charge in [0, 0.05) is 29.8 Å². The van der Waals surface area contributed by atoms with Crippen LogP contribution in [0.2, 0.25) is 0 Å². The predicted octanol–water partition coefficient (Wildman–Crippen LogP) is 1.29. The summed E-state index contributed by atoms with van der Waals surface area (Å²) in [4.78, 5) is 17.0. The predicted molar refractivity (Wildman–Crippen MR) is 103 cm³/mol. The van der Waals surface area contributed by atoms with Gasteiger partial charge in [-0.2, -0.15) is 4.98 Å². The lowest BCUT2D eigenvalue weighted by atomic mass is 9.92. The molecule has 0 bridgehead atoms. The lowest BCUT2D eigenvalue weighted by molar-refractivity contribution is -0.119. The van der Waals surface area contributed by atoms with E-state index in [1.807, 2.05) is 31.2 Å². The first-order valence-electron chi connectivity index (χ1n) is 9.86. The Labute approximate surface area is 163 Å². The molecule has 146 valence electrons. The zero-order valence-corrected chi connectivity index (χ0v) is 15.8. The number of hydrogen-bond donors (Lipinski definition) is 3. The molecule has 0 radical (unpaired) electrons. The monoisotopic (exact) mass is 380 g/mol. The summed E-state index contributed by atoms with van der Waals surface area (Å²) in [6.07, 6.45) is 3.60. The normalized spacial score (nSPS) is 25.4. The van der Waals surface area contributed by atoms with Gasteiger partial charge in [-0.3, -0.25) is 9.80 Å². The topological polar surface area (TPSA) is 95.3 Å². The second-order valence-electron chi connectivity index (χ2n) is 7.66. The summed E-state index contributed by atoms with van der Waals surface area (Å²) in [5.41, 5.74) is 6.54. The lowest BCUT2D eigenvalue weighted by Gasteiger charge is -2.38. The maximum Gasteiger partial charge on any atom is 0.258 e. The Morgan fingerprint density at radius 3 is 2.86 bits per heavy atom. The second-order valence-corrected chi connectivity index (χ2v) is 7.66. The number of benzene rings is 1. The number of hydrazine groups is 1. The van der Waals surface area contributed by atoms with Gasteiger partial charge in [-0.1, -0.05) is 23.4 Å². The molecule has 2 aromatic rings. The second kappa shape index (κ2) is 7.03. The van der Waals surface area contributed by atoms with E-state index in [1.54, 1.807) is 6.08 Å². The van der Waals surface area contributed by atoms with Crippen LogP contribution < -0.4 is 16.1 Å². The maximum atomic E-state index is 12.4. The van der Waals surface area contributed by atoms with Crippen LogP contribution in [0.25, 0.3) is 11.5 Å². The highest BCUT2D eigenvalue weighted by atomic mass is 16.5. The number of carbonyl (C=O) groups is 1. The molecule has 2 atom stereocenters. The van der Waals surface area contributed by atoms with Crippen LogP contribution in [-0.2, 0) is 4.79 Å². The Balaban J connectivity index is 1.41. The van der Waals surface area contributed by atoms with Crippen LogP contribution in [0.3, 0.4) is 0 Å². The Hall–Kier alpha value is -2.71. The molecule has 5 rings (SSSR count). The van der Waals surface area contributed by atoms with Crippen molar-refractivity contribution in [3.63, 3.8) is 0 Å². The molecule has 2 saturated heterocycles. The average molecular weight is 380 g/mol. The minimum atomic E-state index is -0.204. The number of nitrogens with one attached hydrogen (secondary N) is 3. The molecule has 2 fully saturated rings. The van der Waals surface area contributed by atoms with Gasteiger partial charge in [-0.25, -0.2) is 5.43 Å². The first kappa shape index (κ1) is 17.4. The van der Waals surface area contributed by atoms with Gasteiger partial charge in [0.2, 0.25) is 5.91 Å². The third-order valence-corrected chi connectivity index (χ3v) is 5.89. The van der Waals surface area contributed by atoms with Gasteiger partial charge < -0.3 is 15.2 Å². The number of nitrogens with zero attached hydrogens (tertiary/aromatic N) is 3. The van der Waals surface area contributed by atoms with Crippen LogP contribution in [-0.4, -0.2) is 46.9 Å². The fourth-order valence-electron chi connectivity index (χ4n) is 4.37. The molecule has 3 aliphatic heterocycles. The third kappa shape index (κ3) is 2.98. The molecule has 1 aromatic carbocycles. The fourth-order valence-corrected chi connectivity index (χ4v) is 4.37. The van der Waals surface area contributed by atoms with E-state index in [1.165, 1.54) is 0 Å². The zero-order valence-electron chi connectivity index (χ0n) is 15.8. The molecule has 8 heteroatoms. The molecule has 8 nitrogen and oxygen atoms in total. The minimum absolute atomic E-state index is 0.0499. The summed E-state index contributed by atoms with van der Waals surface area (Å²) < 4.78 is 5.55. The smallest absolute Gasteiger partial charge is 0.258 e. The fraction of sp³-hybridized carbons (Fsp3) is 0.450. The van der Waals surface area contributed by atoms with Crippen molar-refractivity contribution in [3.05, 3.63) is 47.4 Å². The van der Waals surface area contributed by atoms with Gasteiger partial charge >= 0.3 is 0 Å². The van der Waals surface area contributed by atoms with Crippen molar-refractivity contribution in [2.75, 3.05) is 19.6 Å². The van der Waals surface area contributed by atoms with Crippen molar-refractivity contribution in [1.29, 1.82) is 0 Å². The van der Waals surface area contributed by atoms with Crippen LogP contribution in [0.5, 0.6) is 0 Å². The molecule has 1 amide bonds. The summed E-state index contributed by atoms with van der Waals surface area (Å²) in [5.74, 6) is 1.39. The molecule has 4 heterocycles. The number of piperidine rings is 1. The number of allylic oxidation sites excluding steroid dienone is 1. The number of carbonyl (C=O) groups excluding carboxylic acids is 1. The van der Waals surface area contributed by atoms with Gasteiger partial charge in [-0.05, 0) is 44.5 Å². The highest BCUT2D eigenvalue weighted by Crippen LogP contribution is 2.34. The Kier molecular flexibility index (Phi) is 4.37. The van der Waals surface area contributed by atoms with Crippen LogP contribution in [0.4, 0.5) is 0 Å². The van der Waals surface area contributed by atoms with E-state index in [0.717, 1.165) is 42.8 Å². The molecular formula is C20H24N6O2. The molecule has 0 aliphatic carbocycles. The van der Waals surface area contributed by atoms with Gasteiger partial charge in [0.25, 0.3) is 5.89 Å². The first-order chi connectivity index (χ1) is 13.7. The van der Waals surface area contributed by atoms with E-state index < -0.39 is 0 Å². The van der Waals surface area contributed by atoms with E-state index in [2.05, 4.69) is 31.2 Å². The number of aromatic nitrogens is 2. The van der Waals surface area contributed by atoms with Crippen LogP contribution in [0.15, 0.2) is 40.6 Å². The summed E-state index contributed by atoms with van der Waals surface area (Å²) in [6, 6.07) is 7.95. The molecule has 0 saturated carbocycles. The number of amides is 1. The van der Waals surface area contributed by atoms with E-state index >= 15 is 0 Å². The van der Waals surface area contributed by atoms with Crippen LogP contribution >= 0.6 is 0 Å². The third-order valence-electron chi connectivity index (χ3n) is 5.89. The summed E-state index contributed by atoms with van der Waals surface area (Å²) in [5, 5.41) is 12.8. The van der Waals surface area contributed by atoms with Crippen LogP contribution in [0, 0.1) is 12.8 Å². The molecule has 0 spiro atoms. The van der Waals surface area contributed by atoms with Crippen molar-refractivity contribution in [2.24, 2.45) is 5.92 Å². The van der Waals surface area contributed by atoms with Gasteiger partial charge in [0.1, 0.15) is 6.17 Å². The molecule has 1 aromatic heterocycles. The van der Waals surface area contributed by atoms with Crippen molar-refractivity contribution in [2.45, 2.75) is 31.8 Å². The van der Waals surface area contributed by atoms with E-state index in [9.17, 15) is 4.79 Å². The Morgan fingerprint density at radius 2 is 2.04 bits per heavy atom. The quantitative estimate of drug-likeness (QED) is 0.738. The number of hydrogen-bond acceptors (Lipinski definition) is 7. The zero-order chi connectivity index (χ0) is 19.1. The van der Waals surface area contributed by atoms with Gasteiger partial charge in [-0.15, -0.1) is 0 Å². The molecular weight excluding hydrogens is 356 g/mol. The lowest BCUT2D eigenvalue weighted by Crippen LogP contribution is -2.54. The molecule has 2 unspecified atom stereocenters. The van der Waals surface area contributed by atoms with E-state index in [0.29, 0.717) is 24.2 Å². The van der Waals surface area contributed by atoms with Crippen molar-refractivity contribution in [1.82, 2.24) is 31.2 Å². The standard InChI is InChI=1S/C20H24N6O2/c1-12-4-2-3-5-14(12)20-24-18(25-28-20)15-11-22-26-16(10-17(27)23-19(15)26)13-6-8-21-9-7-13/h2-5,10,13,15,19,21-22H,6-9,11H2,1H3,(H,23,27). The Morgan fingerprint density at radius 1 is 1.21 bits per heavy atom. The number of aryl methyl sites for hydroxylation is 1. The largest absolute Gasteiger partial charge is 0.334 e. The first-order valence-corrected chi connectivity index (χ1v) is 9.86.